The predicted molar refractivity (Wildman–Crippen MR) is 37.5 cm³/mol. The standard InChI is InChI=1S/C6H10S/c1-4-6(2)5-7-3/h4-5H,1H2,2-3H3/b6-5-. The van der Waals surface area contributed by atoms with Crippen LogP contribution >= 0.6 is 11.8 Å². The average molecular weight is 114 g/mol. The van der Waals surface area contributed by atoms with Gasteiger partial charge in [-0.1, -0.05) is 12.7 Å². The highest BCUT2D eigenvalue weighted by atomic mass is 32.2. The van der Waals surface area contributed by atoms with Crippen molar-refractivity contribution in [3.63, 3.8) is 0 Å². The lowest BCUT2D eigenvalue weighted by molar-refractivity contribution is 1.57. The number of thioether (sulfide) groups is 1. The molecule has 0 spiro atoms. The molecule has 0 atom stereocenters. The normalized spacial score (nSPS) is 11.4. The fourth-order valence-electron chi connectivity index (χ4n) is 0.234. The highest BCUT2D eigenvalue weighted by molar-refractivity contribution is 8.01. The molecular weight excluding hydrogens is 104 g/mol. The van der Waals surface area contributed by atoms with Gasteiger partial charge in [0.05, 0.1) is 0 Å². The van der Waals surface area contributed by atoms with Gasteiger partial charge in [0.2, 0.25) is 0 Å². The van der Waals surface area contributed by atoms with E-state index in [9.17, 15) is 0 Å². The van der Waals surface area contributed by atoms with Gasteiger partial charge in [0, 0.05) is 0 Å². The second-order valence-electron chi connectivity index (χ2n) is 1.30. The molecular formula is C6H10S. The molecule has 0 aliphatic heterocycles. The maximum atomic E-state index is 3.60. The van der Waals surface area contributed by atoms with Crippen LogP contribution in [0.2, 0.25) is 0 Å². The minimum atomic E-state index is 1.23. The van der Waals surface area contributed by atoms with Crippen LogP contribution in [0.1, 0.15) is 6.92 Å². The van der Waals surface area contributed by atoms with Crippen molar-refractivity contribution in [1.29, 1.82) is 0 Å². The Morgan fingerprint density at radius 2 is 2.29 bits per heavy atom. The largest absolute Gasteiger partial charge is 0.137 e. The topological polar surface area (TPSA) is 0 Å². The number of hydrogen-bond donors (Lipinski definition) is 0. The highest BCUT2D eigenvalue weighted by Crippen LogP contribution is 2.01. The molecule has 1 heteroatoms. The highest BCUT2D eigenvalue weighted by Gasteiger charge is 1.72. The molecule has 0 radical (unpaired) electrons. The molecule has 0 fully saturated rings. The van der Waals surface area contributed by atoms with Crippen LogP contribution in [0.15, 0.2) is 23.6 Å². The average Bonchev–Trinajstić information content (AvgIpc) is 1.68. The summed E-state index contributed by atoms with van der Waals surface area (Å²) in [5.74, 6) is 0. The van der Waals surface area contributed by atoms with Gasteiger partial charge >= 0.3 is 0 Å². The molecule has 40 valence electrons. The minimum absolute atomic E-state index is 1.23. The molecule has 0 aromatic carbocycles. The summed E-state index contributed by atoms with van der Waals surface area (Å²) < 4.78 is 0. The smallest absolute Gasteiger partial charge is 0.0142 e. The first-order valence-corrected chi connectivity index (χ1v) is 3.42. The maximum absolute atomic E-state index is 3.60. The molecule has 0 N–H and O–H groups in total. The van der Waals surface area contributed by atoms with Crippen LogP contribution in [0.5, 0.6) is 0 Å². The summed E-state index contributed by atoms with van der Waals surface area (Å²) in [6.07, 6.45) is 3.88. The second-order valence-corrected chi connectivity index (χ2v) is 2.01. The third kappa shape index (κ3) is 3.67. The van der Waals surface area contributed by atoms with Gasteiger partial charge < -0.3 is 0 Å². The molecule has 0 aliphatic carbocycles. The lowest BCUT2D eigenvalue weighted by Gasteiger charge is -1.83. The number of hydrogen-bond acceptors (Lipinski definition) is 1. The quantitative estimate of drug-likeness (QED) is 0.497. The van der Waals surface area contributed by atoms with E-state index in [1.165, 1.54) is 5.57 Å². The molecule has 0 unspecified atom stereocenters. The summed E-state index contributed by atoms with van der Waals surface area (Å²) >= 11 is 1.70. The summed E-state index contributed by atoms with van der Waals surface area (Å²) in [6, 6.07) is 0. The van der Waals surface area contributed by atoms with E-state index in [1.807, 2.05) is 19.3 Å². The first kappa shape index (κ1) is 6.83. The zero-order valence-electron chi connectivity index (χ0n) is 4.77. The van der Waals surface area contributed by atoms with E-state index in [0.29, 0.717) is 0 Å². The van der Waals surface area contributed by atoms with E-state index in [4.69, 9.17) is 0 Å². The summed E-state index contributed by atoms with van der Waals surface area (Å²) in [5.41, 5.74) is 1.23. The van der Waals surface area contributed by atoms with Crippen LogP contribution in [0.3, 0.4) is 0 Å². The van der Waals surface area contributed by atoms with Crippen molar-refractivity contribution in [3.05, 3.63) is 23.6 Å². The van der Waals surface area contributed by atoms with Gasteiger partial charge in [-0.15, -0.1) is 11.8 Å². The van der Waals surface area contributed by atoms with Gasteiger partial charge in [-0.3, -0.25) is 0 Å². The Balaban J connectivity index is 3.49. The van der Waals surface area contributed by atoms with Crippen molar-refractivity contribution in [3.8, 4) is 0 Å². The van der Waals surface area contributed by atoms with E-state index in [2.05, 4.69) is 12.0 Å². The molecule has 0 nitrogen and oxygen atoms in total. The fraction of sp³-hybridized carbons (Fsp3) is 0.333. The van der Waals surface area contributed by atoms with E-state index < -0.39 is 0 Å². The minimum Gasteiger partial charge on any atom is -0.137 e. The third-order valence-electron chi connectivity index (χ3n) is 0.626. The van der Waals surface area contributed by atoms with Crippen molar-refractivity contribution in [2.24, 2.45) is 0 Å². The summed E-state index contributed by atoms with van der Waals surface area (Å²) in [4.78, 5) is 0. The van der Waals surface area contributed by atoms with Crippen molar-refractivity contribution < 1.29 is 0 Å². The SMILES string of the molecule is C=C/C(C)=C\SC. The first-order chi connectivity index (χ1) is 3.31. The van der Waals surface area contributed by atoms with Gasteiger partial charge in [0.15, 0.2) is 0 Å². The Labute approximate surface area is 49.3 Å². The molecule has 0 aliphatic rings. The Hall–Kier alpha value is -0.170. The molecule has 0 rings (SSSR count). The number of allylic oxidation sites excluding steroid dienone is 2. The molecule has 7 heavy (non-hydrogen) atoms. The molecule has 0 saturated carbocycles. The number of rotatable bonds is 2. The summed E-state index contributed by atoms with van der Waals surface area (Å²) in [6.45, 7) is 5.63. The molecule has 0 bridgehead atoms. The Morgan fingerprint density at radius 1 is 1.71 bits per heavy atom. The first-order valence-electron chi connectivity index (χ1n) is 2.13. The van der Waals surface area contributed by atoms with Gasteiger partial charge in [0.1, 0.15) is 0 Å². The molecule has 0 saturated heterocycles. The summed E-state index contributed by atoms with van der Waals surface area (Å²) in [7, 11) is 0. The second kappa shape index (κ2) is 4.00. The van der Waals surface area contributed by atoms with Crippen molar-refractivity contribution in [2.75, 3.05) is 6.26 Å². The van der Waals surface area contributed by atoms with E-state index in [0.717, 1.165) is 0 Å². The molecule has 0 aromatic rings. The van der Waals surface area contributed by atoms with Crippen LogP contribution in [-0.2, 0) is 0 Å². The molecule has 0 aromatic heterocycles. The maximum Gasteiger partial charge on any atom is -0.0142 e. The third-order valence-corrected chi connectivity index (χ3v) is 1.23. The van der Waals surface area contributed by atoms with Crippen LogP contribution < -0.4 is 0 Å². The van der Waals surface area contributed by atoms with E-state index in [1.54, 1.807) is 11.8 Å². The van der Waals surface area contributed by atoms with E-state index in [-0.39, 0.29) is 0 Å². The Morgan fingerprint density at radius 3 is 2.43 bits per heavy atom. The van der Waals surface area contributed by atoms with Crippen molar-refractivity contribution >= 4 is 11.8 Å². The van der Waals surface area contributed by atoms with Gasteiger partial charge in [-0.05, 0) is 24.2 Å². The van der Waals surface area contributed by atoms with Gasteiger partial charge in [-0.25, -0.2) is 0 Å². The zero-order chi connectivity index (χ0) is 5.70. The molecule has 0 heterocycles. The Kier molecular flexibility index (Phi) is 3.90. The van der Waals surface area contributed by atoms with Crippen LogP contribution in [0.25, 0.3) is 0 Å². The fourth-order valence-corrected chi connectivity index (χ4v) is 0.702. The lowest BCUT2D eigenvalue weighted by Crippen LogP contribution is -1.58. The van der Waals surface area contributed by atoms with Crippen molar-refractivity contribution in [1.82, 2.24) is 0 Å². The van der Waals surface area contributed by atoms with Crippen LogP contribution in [0, 0.1) is 0 Å². The van der Waals surface area contributed by atoms with Crippen molar-refractivity contribution in [2.45, 2.75) is 6.92 Å². The molecule has 0 amide bonds. The lowest BCUT2D eigenvalue weighted by atomic mass is 10.4. The van der Waals surface area contributed by atoms with Gasteiger partial charge in [0.25, 0.3) is 0 Å². The Bertz CT molecular complexity index is 82.2. The monoisotopic (exact) mass is 114 g/mol. The van der Waals surface area contributed by atoms with Gasteiger partial charge in [-0.2, -0.15) is 0 Å². The van der Waals surface area contributed by atoms with Crippen LogP contribution in [0.4, 0.5) is 0 Å². The van der Waals surface area contributed by atoms with E-state index >= 15 is 0 Å². The predicted octanol–water partition coefficient (Wildman–Crippen LogP) is 2.44. The summed E-state index contributed by atoms with van der Waals surface area (Å²) in [5, 5.41) is 2.06. The van der Waals surface area contributed by atoms with Crippen LogP contribution in [-0.4, -0.2) is 6.26 Å². The zero-order valence-corrected chi connectivity index (χ0v) is 5.59.